The highest BCUT2D eigenvalue weighted by Gasteiger charge is 2.30. The standard InChI is InChI=1S/C23H16F4N4O3/c24-18-12-17(29-22(32)28-16-8-4-7-15(11-16)23(25,26)27)9-10-19(18)33-13-20-30-31-21(34-20)14-5-2-1-3-6-14/h1-12H,13H2,(H2,28,29,32). The Morgan fingerprint density at radius 2 is 1.65 bits per heavy atom. The molecule has 0 spiro atoms. The lowest BCUT2D eigenvalue weighted by Crippen LogP contribution is -2.20. The molecular formula is C23H16F4N4O3. The zero-order chi connectivity index (χ0) is 24.1. The normalized spacial score (nSPS) is 11.2. The van der Waals surface area contributed by atoms with Crippen molar-refractivity contribution in [3.63, 3.8) is 0 Å². The number of anilines is 2. The lowest BCUT2D eigenvalue weighted by molar-refractivity contribution is -0.137. The van der Waals surface area contributed by atoms with E-state index < -0.39 is 23.6 Å². The quantitative estimate of drug-likeness (QED) is 0.330. The second kappa shape index (κ2) is 9.61. The Morgan fingerprint density at radius 3 is 2.35 bits per heavy atom. The fourth-order valence-electron chi connectivity index (χ4n) is 2.91. The minimum Gasteiger partial charge on any atom is -0.481 e. The molecule has 0 radical (unpaired) electrons. The number of benzene rings is 3. The van der Waals surface area contributed by atoms with Crippen LogP contribution in [0.3, 0.4) is 0 Å². The molecule has 4 aromatic rings. The van der Waals surface area contributed by atoms with Gasteiger partial charge in [0.15, 0.2) is 18.2 Å². The second-order valence-corrected chi connectivity index (χ2v) is 6.96. The highest BCUT2D eigenvalue weighted by atomic mass is 19.4. The summed E-state index contributed by atoms with van der Waals surface area (Å²) in [6.07, 6.45) is -4.54. The van der Waals surface area contributed by atoms with Gasteiger partial charge in [0, 0.05) is 23.0 Å². The van der Waals surface area contributed by atoms with E-state index in [9.17, 15) is 22.4 Å². The predicted octanol–water partition coefficient (Wildman–Crippen LogP) is 6.12. The van der Waals surface area contributed by atoms with Crippen LogP contribution in [0.1, 0.15) is 11.5 Å². The van der Waals surface area contributed by atoms with Gasteiger partial charge in [0.05, 0.1) is 5.56 Å². The van der Waals surface area contributed by atoms with Crippen molar-refractivity contribution in [1.29, 1.82) is 0 Å². The van der Waals surface area contributed by atoms with Crippen LogP contribution < -0.4 is 15.4 Å². The van der Waals surface area contributed by atoms with E-state index in [0.29, 0.717) is 5.89 Å². The third-order valence-electron chi connectivity index (χ3n) is 4.48. The van der Waals surface area contributed by atoms with Gasteiger partial charge in [-0.25, -0.2) is 9.18 Å². The smallest absolute Gasteiger partial charge is 0.416 e. The number of carbonyl (C=O) groups excluding carboxylic acids is 1. The molecule has 174 valence electrons. The van der Waals surface area contributed by atoms with Crippen molar-refractivity contribution < 1.29 is 31.5 Å². The summed E-state index contributed by atoms with van der Waals surface area (Å²) in [6, 6.07) is 16.0. The van der Waals surface area contributed by atoms with Crippen molar-refractivity contribution in [2.75, 3.05) is 10.6 Å². The first-order valence-electron chi connectivity index (χ1n) is 9.83. The molecule has 1 heterocycles. The van der Waals surface area contributed by atoms with Gasteiger partial charge in [0.2, 0.25) is 5.89 Å². The molecule has 0 aliphatic carbocycles. The summed E-state index contributed by atoms with van der Waals surface area (Å²) in [6.45, 7) is -0.181. The van der Waals surface area contributed by atoms with E-state index in [2.05, 4.69) is 20.8 Å². The predicted molar refractivity (Wildman–Crippen MR) is 115 cm³/mol. The number of hydrogen-bond donors (Lipinski definition) is 2. The molecule has 3 aromatic carbocycles. The molecule has 34 heavy (non-hydrogen) atoms. The number of aromatic nitrogens is 2. The number of nitrogens with zero attached hydrogens (tertiary/aromatic N) is 2. The van der Waals surface area contributed by atoms with Crippen LogP contribution in [0.5, 0.6) is 5.75 Å². The van der Waals surface area contributed by atoms with Crippen molar-refractivity contribution in [2.24, 2.45) is 0 Å². The summed E-state index contributed by atoms with van der Waals surface area (Å²) in [5.74, 6) is -0.463. The monoisotopic (exact) mass is 472 g/mol. The van der Waals surface area contributed by atoms with Gasteiger partial charge >= 0.3 is 12.2 Å². The highest BCUT2D eigenvalue weighted by molar-refractivity contribution is 5.99. The Bertz CT molecular complexity index is 1290. The van der Waals surface area contributed by atoms with E-state index in [1.165, 1.54) is 18.2 Å². The van der Waals surface area contributed by atoms with Gasteiger partial charge in [-0.15, -0.1) is 10.2 Å². The van der Waals surface area contributed by atoms with Crippen molar-refractivity contribution >= 4 is 17.4 Å². The maximum atomic E-state index is 14.4. The van der Waals surface area contributed by atoms with Crippen LogP contribution in [-0.2, 0) is 12.8 Å². The number of hydrogen-bond acceptors (Lipinski definition) is 5. The zero-order valence-corrected chi connectivity index (χ0v) is 17.3. The van der Waals surface area contributed by atoms with Gasteiger partial charge in [-0.05, 0) is 42.5 Å². The lowest BCUT2D eigenvalue weighted by atomic mass is 10.2. The van der Waals surface area contributed by atoms with Crippen LogP contribution in [0.2, 0.25) is 0 Å². The Balaban J connectivity index is 1.34. The summed E-state index contributed by atoms with van der Waals surface area (Å²) < 4.78 is 63.6. The number of alkyl halides is 3. The summed E-state index contributed by atoms with van der Waals surface area (Å²) in [5, 5.41) is 12.4. The van der Waals surface area contributed by atoms with E-state index in [4.69, 9.17) is 9.15 Å². The van der Waals surface area contributed by atoms with Crippen molar-refractivity contribution in [3.8, 4) is 17.2 Å². The van der Waals surface area contributed by atoms with Crippen molar-refractivity contribution in [3.05, 3.63) is 90.1 Å². The third-order valence-corrected chi connectivity index (χ3v) is 4.48. The minimum absolute atomic E-state index is 0.0674. The van der Waals surface area contributed by atoms with Crippen LogP contribution in [-0.4, -0.2) is 16.2 Å². The molecule has 0 fully saturated rings. The average Bonchev–Trinajstić information content (AvgIpc) is 3.28. The lowest BCUT2D eigenvalue weighted by Gasteiger charge is -2.11. The molecule has 1 aromatic heterocycles. The summed E-state index contributed by atoms with van der Waals surface area (Å²) >= 11 is 0. The van der Waals surface area contributed by atoms with Crippen LogP contribution in [0, 0.1) is 5.82 Å². The van der Waals surface area contributed by atoms with Gasteiger partial charge in [-0.2, -0.15) is 13.2 Å². The number of rotatable bonds is 6. The van der Waals surface area contributed by atoms with Gasteiger partial charge < -0.3 is 19.8 Å². The number of carbonyl (C=O) groups is 1. The molecule has 0 atom stereocenters. The molecule has 0 aliphatic heterocycles. The Labute approximate surface area is 190 Å². The van der Waals surface area contributed by atoms with E-state index in [0.717, 1.165) is 29.8 Å². The van der Waals surface area contributed by atoms with Crippen LogP contribution in [0.25, 0.3) is 11.5 Å². The Hall–Kier alpha value is -4.41. The second-order valence-electron chi connectivity index (χ2n) is 6.96. The summed E-state index contributed by atoms with van der Waals surface area (Å²) in [4.78, 5) is 12.1. The first kappa shape index (κ1) is 22.8. The molecule has 0 saturated heterocycles. The van der Waals surface area contributed by atoms with E-state index >= 15 is 0 Å². The molecule has 2 N–H and O–H groups in total. The molecule has 0 unspecified atom stereocenters. The van der Waals surface area contributed by atoms with Crippen molar-refractivity contribution in [1.82, 2.24) is 10.2 Å². The van der Waals surface area contributed by atoms with Crippen LogP contribution in [0.15, 0.2) is 77.2 Å². The van der Waals surface area contributed by atoms with Crippen LogP contribution >= 0.6 is 0 Å². The highest BCUT2D eigenvalue weighted by Crippen LogP contribution is 2.30. The zero-order valence-electron chi connectivity index (χ0n) is 17.3. The first-order chi connectivity index (χ1) is 16.3. The van der Waals surface area contributed by atoms with E-state index in [1.807, 2.05) is 18.2 Å². The minimum atomic E-state index is -4.54. The average molecular weight is 472 g/mol. The van der Waals surface area contributed by atoms with Crippen molar-refractivity contribution in [2.45, 2.75) is 12.8 Å². The van der Waals surface area contributed by atoms with Gasteiger partial charge in [0.1, 0.15) is 0 Å². The maximum Gasteiger partial charge on any atom is 0.416 e. The number of nitrogens with one attached hydrogen (secondary N) is 2. The maximum absolute atomic E-state index is 14.4. The molecule has 0 saturated carbocycles. The number of ether oxygens (including phenoxy) is 1. The molecule has 0 bridgehead atoms. The number of urea groups is 1. The summed E-state index contributed by atoms with van der Waals surface area (Å²) in [7, 11) is 0. The van der Waals surface area contributed by atoms with Gasteiger partial charge in [-0.1, -0.05) is 24.3 Å². The van der Waals surface area contributed by atoms with E-state index in [1.54, 1.807) is 12.1 Å². The Morgan fingerprint density at radius 1 is 0.912 bits per heavy atom. The summed E-state index contributed by atoms with van der Waals surface area (Å²) in [5.41, 5.74) is -0.179. The third kappa shape index (κ3) is 5.68. The molecule has 0 aliphatic rings. The van der Waals surface area contributed by atoms with Gasteiger partial charge in [0.25, 0.3) is 5.89 Å². The fourth-order valence-corrected chi connectivity index (χ4v) is 2.91. The van der Waals surface area contributed by atoms with E-state index in [-0.39, 0.29) is 29.6 Å². The number of halogens is 4. The molecule has 2 amide bonds. The topological polar surface area (TPSA) is 89.3 Å². The Kier molecular flexibility index (Phi) is 6.44. The molecule has 11 heteroatoms. The largest absolute Gasteiger partial charge is 0.481 e. The molecule has 4 rings (SSSR count). The van der Waals surface area contributed by atoms with Gasteiger partial charge in [-0.3, -0.25) is 0 Å². The fraction of sp³-hybridized carbons (Fsp3) is 0.0870. The SMILES string of the molecule is O=C(Nc1cccc(C(F)(F)F)c1)Nc1ccc(OCc2nnc(-c3ccccc3)o2)c(F)c1. The molecule has 7 nitrogen and oxygen atoms in total. The first-order valence-corrected chi connectivity index (χ1v) is 9.83. The molecular weight excluding hydrogens is 456 g/mol. The number of amides is 2. The van der Waals surface area contributed by atoms with Crippen LogP contribution in [0.4, 0.5) is 33.7 Å².